The first-order valence-electron chi connectivity index (χ1n) is 8.91. The predicted molar refractivity (Wildman–Crippen MR) is 99.9 cm³/mol. The number of ether oxygens (including phenoxy) is 1. The molecule has 1 aliphatic heterocycles. The summed E-state index contributed by atoms with van der Waals surface area (Å²) in [5.74, 6) is 0. The summed E-state index contributed by atoms with van der Waals surface area (Å²) >= 11 is 0. The third kappa shape index (κ3) is 5.50. The number of carbonyl (C=O) groups is 1. The van der Waals surface area contributed by atoms with Crippen LogP contribution >= 0.6 is 0 Å². The Morgan fingerprint density at radius 2 is 2.08 bits per heavy atom. The molecule has 0 spiro atoms. The van der Waals surface area contributed by atoms with Gasteiger partial charge in [-0.05, 0) is 18.6 Å². The maximum Gasteiger partial charge on any atom is 0.319 e. The van der Waals surface area contributed by atoms with Crippen LogP contribution < -0.4 is 10.6 Å². The van der Waals surface area contributed by atoms with Gasteiger partial charge in [-0.2, -0.15) is 0 Å². The Labute approximate surface area is 153 Å². The number of para-hydroxylation sites is 1. The SMILES string of the molecule is C[C@H](Cc1cnccn1)NC(=O)Nc1ccccc1CN1CCOCC1. The number of nitrogens with zero attached hydrogens (tertiary/aromatic N) is 3. The molecular formula is C19H25N5O2. The Bertz CT molecular complexity index is 704. The van der Waals surface area contributed by atoms with Gasteiger partial charge in [-0.15, -0.1) is 0 Å². The van der Waals surface area contributed by atoms with Crippen LogP contribution in [0.2, 0.25) is 0 Å². The van der Waals surface area contributed by atoms with Crippen LogP contribution in [0.1, 0.15) is 18.2 Å². The molecule has 1 fully saturated rings. The van der Waals surface area contributed by atoms with E-state index in [1.807, 2.05) is 31.2 Å². The number of aromatic nitrogens is 2. The Morgan fingerprint density at radius 3 is 2.85 bits per heavy atom. The molecule has 0 unspecified atom stereocenters. The van der Waals surface area contributed by atoms with E-state index in [0.29, 0.717) is 6.42 Å². The molecule has 1 saturated heterocycles. The third-order valence-corrected chi connectivity index (χ3v) is 4.27. The van der Waals surface area contributed by atoms with Gasteiger partial charge in [0, 0.05) is 56.4 Å². The van der Waals surface area contributed by atoms with E-state index in [1.54, 1.807) is 18.6 Å². The zero-order chi connectivity index (χ0) is 18.2. The van der Waals surface area contributed by atoms with Crippen LogP contribution in [0.15, 0.2) is 42.9 Å². The summed E-state index contributed by atoms with van der Waals surface area (Å²) in [6, 6.07) is 7.65. The normalized spacial score (nSPS) is 16.0. The van der Waals surface area contributed by atoms with Gasteiger partial charge >= 0.3 is 6.03 Å². The molecule has 2 amide bonds. The molecule has 26 heavy (non-hydrogen) atoms. The highest BCUT2D eigenvalue weighted by Crippen LogP contribution is 2.18. The van der Waals surface area contributed by atoms with E-state index in [1.165, 1.54) is 0 Å². The number of hydrogen-bond acceptors (Lipinski definition) is 5. The van der Waals surface area contributed by atoms with Crippen molar-refractivity contribution >= 4 is 11.7 Å². The summed E-state index contributed by atoms with van der Waals surface area (Å²) in [7, 11) is 0. The number of urea groups is 1. The minimum Gasteiger partial charge on any atom is -0.379 e. The molecule has 7 heteroatoms. The van der Waals surface area contributed by atoms with Crippen molar-refractivity contribution in [2.45, 2.75) is 25.9 Å². The molecule has 1 aromatic carbocycles. The Morgan fingerprint density at radius 1 is 1.27 bits per heavy atom. The Balaban J connectivity index is 1.55. The summed E-state index contributed by atoms with van der Waals surface area (Å²) in [4.78, 5) is 23.0. The molecular weight excluding hydrogens is 330 g/mol. The van der Waals surface area contributed by atoms with Gasteiger partial charge in [-0.1, -0.05) is 18.2 Å². The monoisotopic (exact) mass is 355 g/mol. The van der Waals surface area contributed by atoms with E-state index < -0.39 is 0 Å². The molecule has 0 bridgehead atoms. The second kappa shape index (κ2) is 9.26. The van der Waals surface area contributed by atoms with Gasteiger partial charge in [0.25, 0.3) is 0 Å². The quantitative estimate of drug-likeness (QED) is 0.829. The van der Waals surface area contributed by atoms with Crippen molar-refractivity contribution in [3.05, 3.63) is 54.1 Å². The van der Waals surface area contributed by atoms with Gasteiger partial charge in [0.2, 0.25) is 0 Å². The highest BCUT2D eigenvalue weighted by molar-refractivity contribution is 5.90. The Hall–Kier alpha value is -2.51. The lowest BCUT2D eigenvalue weighted by Gasteiger charge is -2.27. The fourth-order valence-corrected chi connectivity index (χ4v) is 2.96. The molecule has 0 radical (unpaired) electrons. The Kier molecular flexibility index (Phi) is 6.51. The van der Waals surface area contributed by atoms with Crippen LogP contribution in [-0.2, 0) is 17.7 Å². The average Bonchev–Trinajstić information content (AvgIpc) is 2.65. The summed E-state index contributed by atoms with van der Waals surface area (Å²) in [5, 5.41) is 5.93. The van der Waals surface area contributed by atoms with Crippen LogP contribution in [0.4, 0.5) is 10.5 Å². The lowest BCUT2D eigenvalue weighted by Crippen LogP contribution is -2.38. The van der Waals surface area contributed by atoms with E-state index in [-0.39, 0.29) is 12.1 Å². The van der Waals surface area contributed by atoms with Crippen molar-refractivity contribution in [1.82, 2.24) is 20.2 Å². The zero-order valence-electron chi connectivity index (χ0n) is 15.0. The van der Waals surface area contributed by atoms with Crippen LogP contribution in [-0.4, -0.2) is 53.2 Å². The van der Waals surface area contributed by atoms with Crippen LogP contribution in [0.3, 0.4) is 0 Å². The maximum atomic E-state index is 12.4. The van der Waals surface area contributed by atoms with Crippen molar-refractivity contribution in [2.24, 2.45) is 0 Å². The van der Waals surface area contributed by atoms with Crippen molar-refractivity contribution in [2.75, 3.05) is 31.6 Å². The van der Waals surface area contributed by atoms with Crippen LogP contribution in [0.25, 0.3) is 0 Å². The fourth-order valence-electron chi connectivity index (χ4n) is 2.96. The highest BCUT2D eigenvalue weighted by Gasteiger charge is 2.14. The van der Waals surface area contributed by atoms with Gasteiger partial charge in [0.1, 0.15) is 0 Å². The molecule has 138 valence electrons. The second-order valence-corrected chi connectivity index (χ2v) is 6.45. The number of hydrogen-bond donors (Lipinski definition) is 2. The van der Waals surface area contributed by atoms with Crippen molar-refractivity contribution in [1.29, 1.82) is 0 Å². The molecule has 7 nitrogen and oxygen atoms in total. The van der Waals surface area contributed by atoms with E-state index >= 15 is 0 Å². The van der Waals surface area contributed by atoms with E-state index in [0.717, 1.165) is 49.8 Å². The minimum atomic E-state index is -0.212. The largest absolute Gasteiger partial charge is 0.379 e. The average molecular weight is 355 g/mol. The van der Waals surface area contributed by atoms with Gasteiger partial charge in [0.15, 0.2) is 0 Å². The number of anilines is 1. The van der Waals surface area contributed by atoms with Crippen molar-refractivity contribution < 1.29 is 9.53 Å². The van der Waals surface area contributed by atoms with Crippen molar-refractivity contribution in [3.8, 4) is 0 Å². The summed E-state index contributed by atoms with van der Waals surface area (Å²) in [5.41, 5.74) is 2.79. The van der Waals surface area contributed by atoms with Crippen LogP contribution in [0, 0.1) is 0 Å². The first kappa shape index (κ1) is 18.3. The summed E-state index contributed by atoms with van der Waals surface area (Å²) < 4.78 is 5.39. The number of benzene rings is 1. The molecule has 1 aromatic heterocycles. The van der Waals surface area contributed by atoms with E-state index in [9.17, 15) is 4.79 Å². The standard InChI is InChI=1S/C19H25N5O2/c1-15(12-17-13-20-6-7-21-17)22-19(25)23-18-5-3-2-4-16(18)14-24-8-10-26-11-9-24/h2-7,13,15H,8-12,14H2,1H3,(H2,22,23,25)/t15-/m1/s1. The number of rotatable bonds is 6. The number of nitrogens with one attached hydrogen (secondary N) is 2. The summed E-state index contributed by atoms with van der Waals surface area (Å²) in [6.45, 7) is 6.10. The lowest BCUT2D eigenvalue weighted by molar-refractivity contribution is 0.0343. The van der Waals surface area contributed by atoms with Gasteiger partial charge in [-0.3, -0.25) is 14.9 Å². The zero-order valence-corrected chi connectivity index (χ0v) is 15.0. The van der Waals surface area contributed by atoms with Crippen molar-refractivity contribution in [3.63, 3.8) is 0 Å². The van der Waals surface area contributed by atoms with E-state index in [2.05, 4.69) is 25.5 Å². The molecule has 2 heterocycles. The van der Waals surface area contributed by atoms with Gasteiger partial charge in [-0.25, -0.2) is 4.79 Å². The number of morpholine rings is 1. The molecule has 2 N–H and O–H groups in total. The molecule has 0 saturated carbocycles. The summed E-state index contributed by atoms with van der Waals surface area (Å²) in [6.07, 6.45) is 5.65. The maximum absolute atomic E-state index is 12.4. The lowest BCUT2D eigenvalue weighted by atomic mass is 10.1. The first-order chi connectivity index (χ1) is 12.7. The number of carbonyl (C=O) groups excluding carboxylic acids is 1. The first-order valence-corrected chi connectivity index (χ1v) is 8.91. The smallest absolute Gasteiger partial charge is 0.319 e. The minimum absolute atomic E-state index is 0.0434. The molecule has 2 aromatic rings. The predicted octanol–water partition coefficient (Wildman–Crippen LogP) is 2.06. The molecule has 1 atom stereocenters. The van der Waals surface area contributed by atoms with Gasteiger partial charge < -0.3 is 15.4 Å². The topological polar surface area (TPSA) is 79.4 Å². The van der Waals surface area contributed by atoms with Gasteiger partial charge in [0.05, 0.1) is 18.9 Å². The second-order valence-electron chi connectivity index (χ2n) is 6.45. The highest BCUT2D eigenvalue weighted by atomic mass is 16.5. The fraction of sp³-hybridized carbons (Fsp3) is 0.421. The molecule has 0 aliphatic carbocycles. The van der Waals surface area contributed by atoms with E-state index in [4.69, 9.17) is 4.74 Å². The third-order valence-electron chi connectivity index (χ3n) is 4.27. The molecule has 1 aliphatic rings. The molecule has 3 rings (SSSR count). The number of amides is 2. The van der Waals surface area contributed by atoms with Crippen LogP contribution in [0.5, 0.6) is 0 Å².